The Morgan fingerprint density at radius 3 is 2.74 bits per heavy atom. The van der Waals surface area contributed by atoms with E-state index in [1.54, 1.807) is 24.3 Å². The zero-order valence-corrected chi connectivity index (χ0v) is 20.3. The summed E-state index contributed by atoms with van der Waals surface area (Å²) in [5, 5.41) is 8.34. The molecule has 1 amide bonds. The average Bonchev–Trinajstić information content (AvgIpc) is 2.99. The third-order valence-electron chi connectivity index (χ3n) is 5.91. The predicted molar refractivity (Wildman–Crippen MR) is 135 cm³/mol. The third-order valence-corrected chi connectivity index (χ3v) is 7.24. The summed E-state index contributed by atoms with van der Waals surface area (Å²) in [6.45, 7) is 2.61. The molecule has 1 unspecified atom stereocenters. The number of rotatable bonds is 5. The molecule has 0 spiro atoms. The van der Waals surface area contributed by atoms with Crippen molar-refractivity contribution in [1.29, 1.82) is 0 Å². The van der Waals surface area contributed by atoms with Gasteiger partial charge in [-0.15, -0.1) is 5.10 Å². The van der Waals surface area contributed by atoms with Gasteiger partial charge >= 0.3 is 0 Å². The van der Waals surface area contributed by atoms with Gasteiger partial charge in [-0.05, 0) is 56.5 Å². The van der Waals surface area contributed by atoms with Crippen LogP contribution in [0, 0.1) is 0 Å². The molecule has 34 heavy (non-hydrogen) atoms. The van der Waals surface area contributed by atoms with Gasteiger partial charge in [0.15, 0.2) is 11.0 Å². The second-order valence-electron chi connectivity index (χ2n) is 8.31. The molecular weight excluding hydrogens is 470 g/mol. The number of thioether (sulfide) groups is 1. The van der Waals surface area contributed by atoms with Gasteiger partial charge in [-0.2, -0.15) is 4.68 Å². The monoisotopic (exact) mass is 493 g/mol. The van der Waals surface area contributed by atoms with Crippen LogP contribution in [-0.2, 0) is 17.8 Å². The molecule has 174 valence electrons. The van der Waals surface area contributed by atoms with Crippen LogP contribution in [0.15, 0.2) is 64.5 Å². The minimum Gasteiger partial charge on any atom is -0.325 e. The Hall–Kier alpha value is -3.10. The second kappa shape index (κ2) is 9.64. The van der Waals surface area contributed by atoms with Crippen LogP contribution in [-0.4, -0.2) is 30.5 Å². The van der Waals surface area contributed by atoms with E-state index in [0.29, 0.717) is 32.9 Å². The zero-order valence-electron chi connectivity index (χ0n) is 18.7. The van der Waals surface area contributed by atoms with Gasteiger partial charge in [0.1, 0.15) is 5.56 Å². The maximum atomic E-state index is 13.4. The number of aromatic nitrogens is 4. The molecule has 1 N–H and O–H groups in total. The molecule has 1 atom stereocenters. The molecule has 0 fully saturated rings. The summed E-state index contributed by atoms with van der Waals surface area (Å²) in [5.41, 5.74) is 2.74. The summed E-state index contributed by atoms with van der Waals surface area (Å²) < 4.78 is 3.54. The number of carbonyl (C=O) groups is 1. The number of hydrogen-bond acceptors (Lipinski definition) is 5. The first-order valence-electron chi connectivity index (χ1n) is 11.3. The van der Waals surface area contributed by atoms with E-state index in [4.69, 9.17) is 16.6 Å². The minimum absolute atomic E-state index is 0.142. The number of fused-ring (bicyclic) bond motifs is 3. The van der Waals surface area contributed by atoms with E-state index in [1.807, 2.05) is 37.3 Å². The molecule has 0 bridgehead atoms. The Labute approximate surface area is 206 Å². The van der Waals surface area contributed by atoms with Crippen molar-refractivity contribution in [2.45, 2.75) is 49.6 Å². The highest BCUT2D eigenvalue weighted by Gasteiger charge is 2.28. The van der Waals surface area contributed by atoms with Gasteiger partial charge in [-0.25, -0.2) is 4.98 Å². The van der Waals surface area contributed by atoms with Gasteiger partial charge in [-0.1, -0.05) is 54.0 Å². The van der Waals surface area contributed by atoms with E-state index < -0.39 is 5.25 Å². The number of carbonyl (C=O) groups excluding carboxylic acids is 1. The van der Waals surface area contributed by atoms with Crippen molar-refractivity contribution in [2.24, 2.45) is 0 Å². The second-order valence-corrected chi connectivity index (χ2v) is 10.1. The lowest BCUT2D eigenvalue weighted by Crippen LogP contribution is -2.24. The highest BCUT2D eigenvalue weighted by molar-refractivity contribution is 8.00. The number of anilines is 1. The zero-order chi connectivity index (χ0) is 23.7. The molecule has 0 radical (unpaired) electrons. The molecule has 3 aliphatic rings. The van der Waals surface area contributed by atoms with E-state index in [1.165, 1.54) is 16.4 Å². The van der Waals surface area contributed by atoms with E-state index in [-0.39, 0.29) is 11.5 Å². The fourth-order valence-electron chi connectivity index (χ4n) is 4.21. The summed E-state index contributed by atoms with van der Waals surface area (Å²) in [4.78, 5) is 31.0. The fraction of sp³-hybridized carbons (Fsp3) is 0.280. The van der Waals surface area contributed by atoms with Crippen LogP contribution in [0.2, 0.25) is 5.02 Å². The minimum atomic E-state index is -0.410. The normalized spacial score (nSPS) is 14.4. The molecule has 2 aromatic carbocycles. The van der Waals surface area contributed by atoms with Gasteiger partial charge in [0.05, 0.1) is 10.9 Å². The van der Waals surface area contributed by atoms with Crippen molar-refractivity contribution in [3.05, 3.63) is 75.7 Å². The van der Waals surface area contributed by atoms with Gasteiger partial charge < -0.3 is 9.88 Å². The lowest BCUT2D eigenvalue weighted by atomic mass is 10.1. The maximum Gasteiger partial charge on any atom is 0.284 e. The molecule has 2 aromatic rings. The highest BCUT2D eigenvalue weighted by Crippen LogP contribution is 2.32. The van der Waals surface area contributed by atoms with Crippen molar-refractivity contribution < 1.29 is 4.79 Å². The van der Waals surface area contributed by atoms with Crippen LogP contribution in [0.25, 0.3) is 17.1 Å². The fourth-order valence-corrected chi connectivity index (χ4v) is 5.35. The number of nitrogens with one attached hydrogen (secondary N) is 1. The first kappa shape index (κ1) is 22.7. The topological polar surface area (TPSA) is 81.8 Å². The maximum absolute atomic E-state index is 13.4. The van der Waals surface area contributed by atoms with E-state index in [0.717, 1.165) is 37.9 Å². The highest BCUT2D eigenvalue weighted by atomic mass is 35.5. The number of benzene rings is 2. The van der Waals surface area contributed by atoms with Crippen LogP contribution in [0.1, 0.15) is 31.9 Å². The summed E-state index contributed by atoms with van der Waals surface area (Å²) >= 11 is 7.42. The van der Waals surface area contributed by atoms with Crippen LogP contribution >= 0.6 is 23.4 Å². The summed E-state index contributed by atoms with van der Waals surface area (Å²) in [6, 6.07) is 16.5. The molecule has 0 saturated heterocycles. The van der Waals surface area contributed by atoms with Crippen LogP contribution in [0.3, 0.4) is 0 Å². The van der Waals surface area contributed by atoms with Crippen molar-refractivity contribution in [2.75, 3.05) is 5.32 Å². The number of amides is 1. The smallest absolute Gasteiger partial charge is 0.284 e. The molecule has 0 saturated carbocycles. The number of nitrogens with zero attached hydrogens (tertiary/aromatic N) is 4. The SMILES string of the molecule is CC(Sc1nc2nn(-c3ccccc3)c(=O)c-2c2n1CCCCC2)C(=O)Nc1cccc(Cl)c1. The van der Waals surface area contributed by atoms with Gasteiger partial charge in [0, 0.05) is 22.9 Å². The summed E-state index contributed by atoms with van der Waals surface area (Å²) in [7, 11) is 0. The standard InChI is InChI=1S/C25H24ClN5O2S/c1-16(23(32)27-18-10-8-9-17(26)15-18)34-25-28-22-21(20-13-6-3-7-14-30(20)25)24(33)31(29-22)19-11-4-2-5-12-19/h2,4-5,8-12,15-16H,3,6-7,13-14H2,1H3,(H,27,32). The van der Waals surface area contributed by atoms with Crippen LogP contribution < -0.4 is 10.9 Å². The van der Waals surface area contributed by atoms with Crippen molar-refractivity contribution >= 4 is 35.0 Å². The molecule has 7 nitrogen and oxygen atoms in total. The largest absolute Gasteiger partial charge is 0.325 e. The van der Waals surface area contributed by atoms with Crippen molar-refractivity contribution in [3.8, 4) is 17.1 Å². The van der Waals surface area contributed by atoms with Crippen molar-refractivity contribution in [1.82, 2.24) is 19.3 Å². The Balaban J connectivity index is 1.52. The van der Waals surface area contributed by atoms with Crippen LogP contribution in [0.5, 0.6) is 0 Å². The predicted octanol–water partition coefficient (Wildman–Crippen LogP) is 5.03. The number of halogens is 1. The Kier molecular flexibility index (Phi) is 6.43. The molecule has 9 heteroatoms. The average molecular weight is 494 g/mol. The van der Waals surface area contributed by atoms with Gasteiger partial charge in [0.25, 0.3) is 5.56 Å². The summed E-state index contributed by atoms with van der Waals surface area (Å²) in [6.07, 6.45) is 3.87. The lowest BCUT2D eigenvalue weighted by Gasteiger charge is -2.19. The van der Waals surface area contributed by atoms with E-state index >= 15 is 0 Å². The molecule has 5 rings (SSSR count). The summed E-state index contributed by atoms with van der Waals surface area (Å²) in [5.74, 6) is 0.281. The molecular formula is C25H24ClN5O2S. The first-order valence-corrected chi connectivity index (χ1v) is 12.6. The Morgan fingerprint density at radius 1 is 1.12 bits per heavy atom. The Bertz CT molecular complexity index is 1370. The Morgan fingerprint density at radius 2 is 1.94 bits per heavy atom. The molecule has 0 aliphatic carbocycles. The number of para-hydroxylation sites is 1. The number of hydrogen-bond donors (Lipinski definition) is 1. The quantitative estimate of drug-likeness (QED) is 0.311. The van der Waals surface area contributed by atoms with Gasteiger partial charge in [-0.3, -0.25) is 9.59 Å². The van der Waals surface area contributed by atoms with Gasteiger partial charge in [0.2, 0.25) is 5.91 Å². The molecule has 3 heterocycles. The van der Waals surface area contributed by atoms with Crippen molar-refractivity contribution in [3.63, 3.8) is 0 Å². The van der Waals surface area contributed by atoms with E-state index in [9.17, 15) is 9.59 Å². The van der Waals surface area contributed by atoms with E-state index in [2.05, 4.69) is 15.0 Å². The lowest BCUT2D eigenvalue weighted by molar-refractivity contribution is -0.115. The van der Waals surface area contributed by atoms with Crippen LogP contribution in [0.4, 0.5) is 5.69 Å². The molecule has 3 aliphatic heterocycles. The first-order chi connectivity index (χ1) is 16.5. The third kappa shape index (κ3) is 4.48. The molecule has 0 aromatic heterocycles.